The van der Waals surface area contributed by atoms with E-state index in [1.165, 1.54) is 17.0 Å². The molecule has 1 aromatic rings. The Labute approximate surface area is 99.0 Å². The number of amides is 1. The first-order valence-electron chi connectivity index (χ1n) is 5.65. The third kappa shape index (κ3) is 3.09. The minimum Gasteiger partial charge on any atom is -0.465 e. The topological polar surface area (TPSA) is 52.6 Å². The summed E-state index contributed by atoms with van der Waals surface area (Å²) in [5.74, 6) is -0.253. The molecule has 4 nitrogen and oxygen atoms in total. The van der Waals surface area contributed by atoms with Crippen molar-refractivity contribution in [1.29, 1.82) is 0 Å². The number of nitrogens with one attached hydrogen (secondary N) is 1. The second-order valence-corrected chi connectivity index (χ2v) is 4.20. The molecule has 0 atom stereocenters. The van der Waals surface area contributed by atoms with Crippen molar-refractivity contribution in [3.8, 4) is 0 Å². The summed E-state index contributed by atoms with van der Waals surface area (Å²) in [5, 5.41) is 12.1. The summed E-state index contributed by atoms with van der Waals surface area (Å²) in [7, 11) is 0. The van der Waals surface area contributed by atoms with Crippen molar-refractivity contribution in [2.45, 2.75) is 18.9 Å². The van der Waals surface area contributed by atoms with Gasteiger partial charge in [0.15, 0.2) is 0 Å². The normalized spacial score (nSPS) is 16.9. The van der Waals surface area contributed by atoms with Crippen molar-refractivity contribution in [3.63, 3.8) is 0 Å². The first kappa shape index (κ1) is 11.7. The number of halogens is 1. The molecule has 1 aliphatic rings. The van der Waals surface area contributed by atoms with E-state index in [0.717, 1.165) is 18.5 Å². The summed E-state index contributed by atoms with van der Waals surface area (Å²) >= 11 is 0. The molecule has 0 spiro atoms. The van der Waals surface area contributed by atoms with Gasteiger partial charge in [-0.25, -0.2) is 9.18 Å². The standard InChI is InChI=1S/C12H15FN2O2/c13-9-1-3-10(4-2-9)14-11-5-7-15(8-6-11)12(16)17/h1-4,11,14H,5-8H2,(H,16,17). The Bertz CT molecular complexity index is 386. The summed E-state index contributed by atoms with van der Waals surface area (Å²) < 4.78 is 12.7. The van der Waals surface area contributed by atoms with Gasteiger partial charge in [0.2, 0.25) is 0 Å². The summed E-state index contributed by atoms with van der Waals surface area (Å²) in [6.07, 6.45) is 0.707. The molecule has 2 N–H and O–H groups in total. The van der Waals surface area contributed by atoms with E-state index in [0.29, 0.717) is 13.1 Å². The van der Waals surface area contributed by atoms with E-state index in [4.69, 9.17) is 5.11 Å². The lowest BCUT2D eigenvalue weighted by Crippen LogP contribution is -2.41. The first-order valence-corrected chi connectivity index (χ1v) is 5.65. The van der Waals surface area contributed by atoms with Crippen molar-refractivity contribution >= 4 is 11.8 Å². The lowest BCUT2D eigenvalue weighted by molar-refractivity contribution is 0.134. The number of carbonyl (C=O) groups is 1. The van der Waals surface area contributed by atoms with Crippen LogP contribution in [-0.2, 0) is 0 Å². The molecule has 0 unspecified atom stereocenters. The molecule has 1 fully saturated rings. The lowest BCUT2D eigenvalue weighted by atomic mass is 10.1. The Morgan fingerprint density at radius 2 is 1.88 bits per heavy atom. The van der Waals surface area contributed by atoms with Crippen molar-refractivity contribution in [2.24, 2.45) is 0 Å². The van der Waals surface area contributed by atoms with Gasteiger partial charge in [0.25, 0.3) is 0 Å². The minimum absolute atomic E-state index is 0.253. The van der Waals surface area contributed by atoms with Gasteiger partial charge < -0.3 is 15.3 Å². The first-order chi connectivity index (χ1) is 8.15. The van der Waals surface area contributed by atoms with Gasteiger partial charge in [-0.05, 0) is 37.1 Å². The van der Waals surface area contributed by atoms with Crippen molar-refractivity contribution in [2.75, 3.05) is 18.4 Å². The smallest absolute Gasteiger partial charge is 0.407 e. The summed E-state index contributed by atoms with van der Waals surface area (Å²) in [4.78, 5) is 12.1. The number of hydrogen-bond donors (Lipinski definition) is 2. The van der Waals surface area contributed by atoms with E-state index >= 15 is 0 Å². The van der Waals surface area contributed by atoms with Gasteiger partial charge in [0, 0.05) is 24.8 Å². The largest absolute Gasteiger partial charge is 0.465 e. The van der Waals surface area contributed by atoms with Crippen LogP contribution in [0.2, 0.25) is 0 Å². The van der Waals surface area contributed by atoms with E-state index in [1.54, 1.807) is 12.1 Å². The van der Waals surface area contributed by atoms with E-state index < -0.39 is 6.09 Å². The van der Waals surface area contributed by atoms with Gasteiger partial charge in [-0.2, -0.15) is 0 Å². The third-order valence-corrected chi connectivity index (χ3v) is 2.98. The number of anilines is 1. The summed E-state index contributed by atoms with van der Waals surface area (Å²) in [5.41, 5.74) is 0.875. The Balaban J connectivity index is 1.85. The molecule has 0 aromatic heterocycles. The zero-order valence-electron chi connectivity index (χ0n) is 9.40. The van der Waals surface area contributed by atoms with Crippen LogP contribution in [0.1, 0.15) is 12.8 Å². The van der Waals surface area contributed by atoms with E-state index in [2.05, 4.69) is 5.32 Å². The van der Waals surface area contributed by atoms with Crippen LogP contribution < -0.4 is 5.32 Å². The number of carboxylic acid groups (broad SMARTS) is 1. The maximum absolute atomic E-state index is 12.7. The van der Waals surface area contributed by atoms with Crippen LogP contribution in [0.4, 0.5) is 14.9 Å². The average molecular weight is 238 g/mol. The highest BCUT2D eigenvalue weighted by Gasteiger charge is 2.21. The molecule has 1 saturated heterocycles. The fourth-order valence-electron chi connectivity index (χ4n) is 2.00. The molecule has 17 heavy (non-hydrogen) atoms. The predicted molar refractivity (Wildman–Crippen MR) is 62.6 cm³/mol. The van der Waals surface area contributed by atoms with Gasteiger partial charge in [0.1, 0.15) is 5.82 Å². The Morgan fingerprint density at radius 3 is 2.41 bits per heavy atom. The molecule has 2 rings (SSSR count). The maximum Gasteiger partial charge on any atom is 0.407 e. The number of likely N-dealkylation sites (tertiary alicyclic amines) is 1. The zero-order chi connectivity index (χ0) is 12.3. The Kier molecular flexibility index (Phi) is 3.46. The number of hydrogen-bond acceptors (Lipinski definition) is 2. The number of rotatable bonds is 2. The van der Waals surface area contributed by atoms with Gasteiger partial charge in [-0.3, -0.25) is 0 Å². The van der Waals surface area contributed by atoms with Crippen LogP contribution in [-0.4, -0.2) is 35.2 Å². The molecule has 0 radical (unpaired) electrons. The fourth-order valence-corrected chi connectivity index (χ4v) is 2.00. The summed E-state index contributed by atoms with van der Waals surface area (Å²) in [6, 6.07) is 6.47. The van der Waals surface area contributed by atoms with E-state index in [1.807, 2.05) is 0 Å². The molecule has 1 aliphatic heterocycles. The zero-order valence-corrected chi connectivity index (χ0v) is 9.40. The Hall–Kier alpha value is -1.78. The monoisotopic (exact) mass is 238 g/mol. The van der Waals surface area contributed by atoms with Gasteiger partial charge in [-0.1, -0.05) is 0 Å². The molecule has 0 bridgehead atoms. The number of piperidine rings is 1. The van der Waals surface area contributed by atoms with Crippen molar-refractivity contribution < 1.29 is 14.3 Å². The second-order valence-electron chi connectivity index (χ2n) is 4.20. The molecule has 92 valence electrons. The molecule has 1 aromatic carbocycles. The molecule has 1 amide bonds. The van der Waals surface area contributed by atoms with Crippen LogP contribution in [0.5, 0.6) is 0 Å². The fraction of sp³-hybridized carbons (Fsp3) is 0.417. The van der Waals surface area contributed by atoms with Crippen LogP contribution in [0.3, 0.4) is 0 Å². The molecular formula is C12H15FN2O2. The highest BCUT2D eigenvalue weighted by Crippen LogP contribution is 2.16. The van der Waals surface area contributed by atoms with Crippen LogP contribution in [0.15, 0.2) is 24.3 Å². The maximum atomic E-state index is 12.7. The number of benzene rings is 1. The van der Waals surface area contributed by atoms with Crippen LogP contribution >= 0.6 is 0 Å². The van der Waals surface area contributed by atoms with Gasteiger partial charge in [0.05, 0.1) is 0 Å². The van der Waals surface area contributed by atoms with Gasteiger partial charge >= 0.3 is 6.09 Å². The minimum atomic E-state index is -0.856. The SMILES string of the molecule is O=C(O)N1CCC(Nc2ccc(F)cc2)CC1. The molecule has 0 aliphatic carbocycles. The van der Waals surface area contributed by atoms with Crippen LogP contribution in [0, 0.1) is 5.82 Å². The predicted octanol–water partition coefficient (Wildman–Crippen LogP) is 2.38. The molecule has 1 heterocycles. The molecular weight excluding hydrogens is 223 g/mol. The lowest BCUT2D eigenvalue weighted by Gasteiger charge is -2.31. The van der Waals surface area contributed by atoms with Crippen molar-refractivity contribution in [3.05, 3.63) is 30.1 Å². The average Bonchev–Trinajstić information content (AvgIpc) is 2.33. The van der Waals surface area contributed by atoms with Crippen LogP contribution in [0.25, 0.3) is 0 Å². The molecule has 5 heteroatoms. The highest BCUT2D eigenvalue weighted by molar-refractivity contribution is 5.65. The Morgan fingerprint density at radius 1 is 1.29 bits per heavy atom. The number of nitrogens with zero attached hydrogens (tertiary/aromatic N) is 1. The van der Waals surface area contributed by atoms with Crippen molar-refractivity contribution in [1.82, 2.24) is 4.90 Å². The highest BCUT2D eigenvalue weighted by atomic mass is 19.1. The second kappa shape index (κ2) is 5.03. The third-order valence-electron chi connectivity index (χ3n) is 2.98. The van der Waals surface area contributed by atoms with E-state index in [-0.39, 0.29) is 11.9 Å². The van der Waals surface area contributed by atoms with E-state index in [9.17, 15) is 9.18 Å². The summed E-state index contributed by atoms with van der Waals surface area (Å²) in [6.45, 7) is 1.10. The van der Waals surface area contributed by atoms with Gasteiger partial charge in [-0.15, -0.1) is 0 Å². The molecule has 0 saturated carbocycles. The quantitative estimate of drug-likeness (QED) is 0.831.